The molecule has 4 aromatic rings. The Bertz CT molecular complexity index is 1120. The van der Waals surface area contributed by atoms with E-state index in [2.05, 4.69) is 10.3 Å². The largest absolute Gasteiger partial charge is 0.494 e. The first-order valence-electron chi connectivity index (χ1n) is 9.63. The molecule has 1 heterocycles. The molecule has 0 aliphatic heterocycles. The van der Waals surface area contributed by atoms with Crippen LogP contribution in [-0.2, 0) is 4.79 Å². The molecule has 1 amide bonds. The fraction of sp³-hybridized carbons (Fsp3) is 0.167. The normalized spacial score (nSPS) is 10.8. The zero-order valence-electron chi connectivity index (χ0n) is 16.2. The Balaban J connectivity index is 1.35. The molecule has 5 nitrogen and oxygen atoms in total. The van der Waals surface area contributed by atoms with Gasteiger partial charge in [0.05, 0.1) is 6.61 Å². The van der Waals surface area contributed by atoms with Crippen molar-refractivity contribution in [3.05, 3.63) is 78.4 Å². The molecule has 0 radical (unpaired) electrons. The third kappa shape index (κ3) is 4.82. The number of nitrogens with one attached hydrogen (secondary N) is 1. The van der Waals surface area contributed by atoms with Gasteiger partial charge in [-0.25, -0.2) is 4.98 Å². The number of nitrogens with zero attached hydrogens (tertiary/aromatic N) is 1. The summed E-state index contributed by atoms with van der Waals surface area (Å²) in [5.41, 5.74) is 4.18. The highest BCUT2D eigenvalue weighted by atomic mass is 16.5. The molecule has 5 heteroatoms. The molecular formula is C24H22N2O3. The van der Waals surface area contributed by atoms with Crippen molar-refractivity contribution in [2.45, 2.75) is 19.8 Å². The number of hydrogen-bond acceptors (Lipinski definition) is 4. The summed E-state index contributed by atoms with van der Waals surface area (Å²) < 4.78 is 11.5. The molecule has 0 bridgehead atoms. The molecule has 0 aliphatic rings. The van der Waals surface area contributed by atoms with Gasteiger partial charge < -0.3 is 14.5 Å². The minimum atomic E-state index is -0.0561. The highest BCUT2D eigenvalue weighted by Gasteiger charge is 2.10. The molecule has 1 aromatic heterocycles. The van der Waals surface area contributed by atoms with E-state index < -0.39 is 0 Å². The predicted molar refractivity (Wildman–Crippen MR) is 114 cm³/mol. The standard InChI is InChI=1S/C24H22N2O3/c1-17-7-5-8-18(15-17)24-26-21-13-12-19(16-22(21)29-24)25-23(27)11-6-14-28-20-9-3-2-4-10-20/h2-5,7-10,12-13,15-16H,6,11,14H2,1H3,(H,25,27). The lowest BCUT2D eigenvalue weighted by Crippen LogP contribution is -2.12. The maximum Gasteiger partial charge on any atom is 0.227 e. The van der Waals surface area contributed by atoms with Crippen LogP contribution in [-0.4, -0.2) is 17.5 Å². The van der Waals surface area contributed by atoms with Crippen molar-refractivity contribution < 1.29 is 13.9 Å². The van der Waals surface area contributed by atoms with Gasteiger partial charge in [-0.1, -0.05) is 35.9 Å². The van der Waals surface area contributed by atoms with E-state index in [9.17, 15) is 4.79 Å². The Labute approximate surface area is 169 Å². The van der Waals surface area contributed by atoms with Gasteiger partial charge in [0.2, 0.25) is 11.8 Å². The fourth-order valence-corrected chi connectivity index (χ4v) is 3.07. The van der Waals surface area contributed by atoms with Gasteiger partial charge >= 0.3 is 0 Å². The number of carbonyl (C=O) groups is 1. The van der Waals surface area contributed by atoms with Crippen LogP contribution in [0.5, 0.6) is 5.75 Å². The highest BCUT2D eigenvalue weighted by Crippen LogP contribution is 2.26. The fourth-order valence-electron chi connectivity index (χ4n) is 3.07. The smallest absolute Gasteiger partial charge is 0.227 e. The molecule has 0 saturated heterocycles. The number of rotatable bonds is 7. The lowest BCUT2D eigenvalue weighted by molar-refractivity contribution is -0.116. The Morgan fingerprint density at radius 2 is 1.90 bits per heavy atom. The Morgan fingerprint density at radius 3 is 2.72 bits per heavy atom. The third-order valence-corrected chi connectivity index (χ3v) is 4.50. The van der Waals surface area contributed by atoms with Gasteiger partial charge in [-0.3, -0.25) is 4.79 Å². The molecular weight excluding hydrogens is 364 g/mol. The molecule has 0 aliphatic carbocycles. The summed E-state index contributed by atoms with van der Waals surface area (Å²) >= 11 is 0. The number of ether oxygens (including phenoxy) is 1. The molecule has 0 atom stereocenters. The highest BCUT2D eigenvalue weighted by molar-refractivity contribution is 5.93. The summed E-state index contributed by atoms with van der Waals surface area (Å²) in [6.45, 7) is 2.53. The van der Waals surface area contributed by atoms with Crippen molar-refractivity contribution in [3.8, 4) is 17.2 Å². The molecule has 0 fully saturated rings. The maximum absolute atomic E-state index is 12.2. The van der Waals surface area contributed by atoms with Crippen LogP contribution in [0.1, 0.15) is 18.4 Å². The first kappa shape index (κ1) is 18.7. The van der Waals surface area contributed by atoms with Gasteiger partial charge in [0.15, 0.2) is 5.58 Å². The summed E-state index contributed by atoms with van der Waals surface area (Å²) in [7, 11) is 0. The van der Waals surface area contributed by atoms with E-state index in [-0.39, 0.29) is 5.91 Å². The van der Waals surface area contributed by atoms with E-state index in [1.165, 1.54) is 0 Å². The molecule has 146 valence electrons. The number of benzene rings is 3. The van der Waals surface area contributed by atoms with Crippen LogP contribution in [0.3, 0.4) is 0 Å². The number of para-hydroxylation sites is 1. The van der Waals surface area contributed by atoms with Gasteiger partial charge in [0, 0.05) is 23.7 Å². The van der Waals surface area contributed by atoms with E-state index in [0.717, 1.165) is 22.4 Å². The topological polar surface area (TPSA) is 64.4 Å². The van der Waals surface area contributed by atoms with Crippen LogP contribution in [0.25, 0.3) is 22.6 Å². The lowest BCUT2D eigenvalue weighted by Gasteiger charge is -2.07. The van der Waals surface area contributed by atoms with Gasteiger partial charge in [-0.2, -0.15) is 0 Å². The minimum absolute atomic E-state index is 0.0561. The van der Waals surface area contributed by atoms with Crippen molar-refractivity contribution in [1.29, 1.82) is 0 Å². The van der Waals surface area contributed by atoms with E-state index in [1.807, 2.05) is 73.7 Å². The number of anilines is 1. The molecule has 4 rings (SSSR count). The number of carbonyl (C=O) groups excluding carboxylic acids is 1. The first-order chi connectivity index (χ1) is 14.2. The van der Waals surface area contributed by atoms with Crippen LogP contribution in [0.15, 0.2) is 77.2 Å². The average Bonchev–Trinajstić information content (AvgIpc) is 3.15. The van der Waals surface area contributed by atoms with Crippen LogP contribution < -0.4 is 10.1 Å². The predicted octanol–water partition coefficient (Wildman–Crippen LogP) is 5.60. The Morgan fingerprint density at radius 1 is 1.03 bits per heavy atom. The summed E-state index contributed by atoms with van der Waals surface area (Å²) in [6, 6.07) is 23.1. The second kappa shape index (κ2) is 8.61. The molecule has 3 aromatic carbocycles. The summed E-state index contributed by atoms with van der Waals surface area (Å²) in [6.07, 6.45) is 1.03. The SMILES string of the molecule is Cc1cccc(-c2nc3ccc(NC(=O)CCCOc4ccccc4)cc3o2)c1. The van der Waals surface area contributed by atoms with Crippen LogP contribution in [0, 0.1) is 6.92 Å². The van der Waals surface area contributed by atoms with Crippen molar-refractivity contribution in [3.63, 3.8) is 0 Å². The molecule has 0 spiro atoms. The number of hydrogen-bond donors (Lipinski definition) is 1. The minimum Gasteiger partial charge on any atom is -0.494 e. The number of aromatic nitrogens is 1. The number of fused-ring (bicyclic) bond motifs is 1. The zero-order chi connectivity index (χ0) is 20.1. The van der Waals surface area contributed by atoms with Crippen molar-refractivity contribution in [1.82, 2.24) is 4.98 Å². The van der Waals surface area contributed by atoms with Crippen LogP contribution >= 0.6 is 0 Å². The Kier molecular flexibility index (Phi) is 5.56. The van der Waals surface area contributed by atoms with Gasteiger partial charge in [0.1, 0.15) is 11.3 Å². The third-order valence-electron chi connectivity index (χ3n) is 4.50. The number of amides is 1. The molecule has 0 saturated carbocycles. The van der Waals surface area contributed by atoms with Crippen LogP contribution in [0.2, 0.25) is 0 Å². The quantitative estimate of drug-likeness (QED) is 0.420. The van der Waals surface area contributed by atoms with Crippen molar-refractivity contribution >= 4 is 22.7 Å². The van der Waals surface area contributed by atoms with Gasteiger partial charge in [0.25, 0.3) is 0 Å². The number of aryl methyl sites for hydroxylation is 1. The van der Waals surface area contributed by atoms with Crippen molar-refractivity contribution in [2.75, 3.05) is 11.9 Å². The number of oxazole rings is 1. The Hall–Kier alpha value is -3.60. The van der Waals surface area contributed by atoms with E-state index in [1.54, 1.807) is 6.07 Å². The molecule has 0 unspecified atom stereocenters. The summed E-state index contributed by atoms with van der Waals surface area (Å²) in [5.74, 6) is 1.33. The van der Waals surface area contributed by atoms with Gasteiger partial charge in [-0.15, -0.1) is 0 Å². The van der Waals surface area contributed by atoms with Crippen molar-refractivity contribution in [2.24, 2.45) is 0 Å². The second-order valence-electron chi connectivity index (χ2n) is 6.88. The second-order valence-corrected chi connectivity index (χ2v) is 6.88. The maximum atomic E-state index is 12.2. The zero-order valence-corrected chi connectivity index (χ0v) is 16.2. The molecule has 29 heavy (non-hydrogen) atoms. The van der Waals surface area contributed by atoms with E-state index in [4.69, 9.17) is 9.15 Å². The van der Waals surface area contributed by atoms with Crippen LogP contribution in [0.4, 0.5) is 5.69 Å². The lowest BCUT2D eigenvalue weighted by atomic mass is 10.1. The summed E-state index contributed by atoms with van der Waals surface area (Å²) in [4.78, 5) is 16.7. The summed E-state index contributed by atoms with van der Waals surface area (Å²) in [5, 5.41) is 2.91. The van der Waals surface area contributed by atoms with E-state index >= 15 is 0 Å². The molecule has 1 N–H and O–H groups in total. The van der Waals surface area contributed by atoms with Gasteiger partial charge in [-0.05, 0) is 49.7 Å². The average molecular weight is 386 g/mol. The monoisotopic (exact) mass is 386 g/mol. The van der Waals surface area contributed by atoms with E-state index in [0.29, 0.717) is 36.6 Å². The first-order valence-corrected chi connectivity index (χ1v) is 9.63.